The highest BCUT2D eigenvalue weighted by atomic mass is 16.3. The number of nitrogens with zero attached hydrogens (tertiary/aromatic N) is 1. The van der Waals surface area contributed by atoms with Crippen LogP contribution in [0.2, 0.25) is 0 Å². The Bertz CT molecular complexity index is 380. The van der Waals surface area contributed by atoms with Crippen LogP contribution in [0.4, 0.5) is 0 Å². The fourth-order valence-corrected chi connectivity index (χ4v) is 0.928. The van der Waals surface area contributed by atoms with Crippen molar-refractivity contribution in [3.63, 3.8) is 0 Å². The summed E-state index contributed by atoms with van der Waals surface area (Å²) in [4.78, 5) is 11.1. The Kier molecular flexibility index (Phi) is 2.50. The van der Waals surface area contributed by atoms with Crippen molar-refractivity contribution >= 4 is 5.91 Å². The highest BCUT2D eigenvalue weighted by molar-refractivity contribution is 5.96. The third kappa shape index (κ3) is 1.76. The Hall–Kier alpha value is -2.02. The topological polar surface area (TPSA) is 73.1 Å². The Labute approximate surface area is 75.4 Å². The molecule has 0 unspecified atom stereocenters. The van der Waals surface area contributed by atoms with Gasteiger partial charge in [0.25, 0.3) is 5.91 Å². The minimum Gasteiger partial charge on any atom is -0.507 e. The van der Waals surface area contributed by atoms with E-state index in [1.54, 1.807) is 0 Å². The average molecular weight is 176 g/mol. The first-order valence-electron chi connectivity index (χ1n) is 3.64. The second-order valence-corrected chi connectivity index (χ2v) is 2.42. The predicted octanol–water partition coefficient (Wildman–Crippen LogP) is 0.623. The van der Waals surface area contributed by atoms with E-state index in [9.17, 15) is 9.90 Å². The number of hydrogen-bond acceptors (Lipinski definition) is 3. The molecule has 1 aromatic rings. The molecule has 0 heterocycles. The fourth-order valence-electron chi connectivity index (χ4n) is 0.928. The first-order chi connectivity index (χ1) is 6.19. The second kappa shape index (κ2) is 3.59. The summed E-state index contributed by atoms with van der Waals surface area (Å²) < 4.78 is 0. The molecule has 0 saturated heterocycles. The van der Waals surface area contributed by atoms with Gasteiger partial charge >= 0.3 is 0 Å². The van der Waals surface area contributed by atoms with Crippen molar-refractivity contribution < 1.29 is 9.90 Å². The number of amides is 1. The number of carbonyl (C=O) groups is 1. The zero-order chi connectivity index (χ0) is 9.84. The van der Waals surface area contributed by atoms with E-state index in [2.05, 4.69) is 5.32 Å². The number of hydrogen-bond donors (Lipinski definition) is 2. The summed E-state index contributed by atoms with van der Waals surface area (Å²) in [6, 6.07) is 6.00. The van der Waals surface area contributed by atoms with E-state index in [4.69, 9.17) is 5.26 Å². The second-order valence-electron chi connectivity index (χ2n) is 2.42. The number of carbonyl (C=O) groups excluding carboxylic acids is 1. The van der Waals surface area contributed by atoms with Crippen molar-refractivity contribution in [1.29, 1.82) is 5.26 Å². The normalized spacial score (nSPS) is 8.92. The van der Waals surface area contributed by atoms with Gasteiger partial charge in [0.1, 0.15) is 5.75 Å². The van der Waals surface area contributed by atoms with Crippen molar-refractivity contribution in [2.45, 2.75) is 0 Å². The number of nitrogens with one attached hydrogen (secondary N) is 1. The molecule has 13 heavy (non-hydrogen) atoms. The van der Waals surface area contributed by atoms with Gasteiger partial charge in [0, 0.05) is 7.05 Å². The number of rotatable bonds is 1. The fraction of sp³-hybridized carbons (Fsp3) is 0.111. The third-order valence-electron chi connectivity index (χ3n) is 1.60. The van der Waals surface area contributed by atoms with Crippen LogP contribution in [0, 0.1) is 11.3 Å². The van der Waals surface area contributed by atoms with E-state index in [0.29, 0.717) is 5.56 Å². The van der Waals surface area contributed by atoms with Gasteiger partial charge in [-0.3, -0.25) is 4.79 Å². The first kappa shape index (κ1) is 9.07. The molecule has 0 radical (unpaired) electrons. The van der Waals surface area contributed by atoms with Gasteiger partial charge in [-0.1, -0.05) is 0 Å². The molecule has 2 N–H and O–H groups in total. The van der Waals surface area contributed by atoms with Crippen LogP contribution in [0.5, 0.6) is 5.75 Å². The SMILES string of the molecule is CNC(=O)c1ccc(C#N)cc1O. The maximum atomic E-state index is 11.1. The molecule has 0 aliphatic heterocycles. The predicted molar refractivity (Wildman–Crippen MR) is 46.2 cm³/mol. The highest BCUT2D eigenvalue weighted by Gasteiger charge is 2.08. The van der Waals surface area contributed by atoms with Crippen molar-refractivity contribution in [1.82, 2.24) is 5.32 Å². The molecule has 0 aromatic heterocycles. The maximum Gasteiger partial charge on any atom is 0.254 e. The molecule has 66 valence electrons. The number of benzene rings is 1. The van der Waals surface area contributed by atoms with E-state index in [0.717, 1.165) is 0 Å². The van der Waals surface area contributed by atoms with Gasteiger partial charge in [-0.05, 0) is 18.2 Å². The molecular formula is C9H8N2O2. The van der Waals surface area contributed by atoms with Crippen LogP contribution in [-0.2, 0) is 0 Å². The maximum absolute atomic E-state index is 11.1. The molecule has 0 fully saturated rings. The Morgan fingerprint density at radius 1 is 1.62 bits per heavy atom. The Morgan fingerprint density at radius 3 is 2.77 bits per heavy atom. The lowest BCUT2D eigenvalue weighted by atomic mass is 10.1. The Balaban J connectivity index is 3.14. The van der Waals surface area contributed by atoms with Gasteiger partial charge in [-0.15, -0.1) is 0 Å². The van der Waals surface area contributed by atoms with Crippen molar-refractivity contribution in [2.75, 3.05) is 7.05 Å². The van der Waals surface area contributed by atoms with Crippen molar-refractivity contribution in [2.24, 2.45) is 0 Å². The summed E-state index contributed by atoms with van der Waals surface area (Å²) in [7, 11) is 1.47. The molecular weight excluding hydrogens is 168 g/mol. The molecule has 1 aromatic carbocycles. The minimum atomic E-state index is -0.373. The van der Waals surface area contributed by atoms with Crippen LogP contribution in [0.1, 0.15) is 15.9 Å². The number of aromatic hydroxyl groups is 1. The van der Waals surface area contributed by atoms with Crippen molar-refractivity contribution in [3.05, 3.63) is 29.3 Å². The molecule has 1 amide bonds. The molecule has 0 saturated carbocycles. The molecule has 0 aliphatic rings. The summed E-state index contributed by atoms with van der Waals surface area (Å²) in [5, 5.41) is 20.2. The molecule has 0 bridgehead atoms. The molecule has 0 aliphatic carbocycles. The van der Waals surface area contributed by atoms with E-state index < -0.39 is 0 Å². The van der Waals surface area contributed by atoms with E-state index in [-0.39, 0.29) is 17.2 Å². The van der Waals surface area contributed by atoms with Gasteiger partial charge in [0.15, 0.2) is 0 Å². The smallest absolute Gasteiger partial charge is 0.254 e. The zero-order valence-corrected chi connectivity index (χ0v) is 7.03. The lowest BCUT2D eigenvalue weighted by Crippen LogP contribution is -2.17. The molecule has 4 nitrogen and oxygen atoms in total. The monoisotopic (exact) mass is 176 g/mol. The third-order valence-corrected chi connectivity index (χ3v) is 1.60. The lowest BCUT2D eigenvalue weighted by Gasteiger charge is -2.02. The number of phenolic OH excluding ortho intramolecular Hbond substituents is 1. The van der Waals surface area contributed by atoms with Gasteiger partial charge in [0.05, 0.1) is 17.2 Å². The van der Waals surface area contributed by atoms with E-state index in [1.807, 2.05) is 6.07 Å². The van der Waals surface area contributed by atoms with Crippen LogP contribution in [-0.4, -0.2) is 18.1 Å². The standard InChI is InChI=1S/C9H8N2O2/c1-11-9(13)7-3-2-6(5-10)4-8(7)12/h2-4,12H,1H3,(H,11,13). The quantitative estimate of drug-likeness (QED) is 0.658. The minimum absolute atomic E-state index is 0.168. The highest BCUT2D eigenvalue weighted by Crippen LogP contribution is 2.17. The lowest BCUT2D eigenvalue weighted by molar-refractivity contribution is 0.0960. The van der Waals surface area contributed by atoms with Crippen LogP contribution in [0.25, 0.3) is 0 Å². The molecule has 4 heteroatoms. The van der Waals surface area contributed by atoms with Gasteiger partial charge in [0.2, 0.25) is 0 Å². The van der Waals surface area contributed by atoms with Gasteiger partial charge in [-0.25, -0.2) is 0 Å². The van der Waals surface area contributed by atoms with Crippen LogP contribution < -0.4 is 5.32 Å². The average Bonchev–Trinajstić information content (AvgIpc) is 2.16. The van der Waals surface area contributed by atoms with Crippen molar-refractivity contribution in [3.8, 4) is 11.8 Å². The largest absolute Gasteiger partial charge is 0.507 e. The number of nitriles is 1. The van der Waals surface area contributed by atoms with Gasteiger partial charge in [-0.2, -0.15) is 5.26 Å². The zero-order valence-electron chi connectivity index (χ0n) is 7.03. The Morgan fingerprint density at radius 2 is 2.31 bits per heavy atom. The summed E-state index contributed by atoms with van der Waals surface area (Å²) in [5.74, 6) is -0.555. The first-order valence-corrected chi connectivity index (χ1v) is 3.64. The molecule has 0 atom stereocenters. The molecule has 1 rings (SSSR count). The number of phenols is 1. The summed E-state index contributed by atoms with van der Waals surface area (Å²) in [6.07, 6.45) is 0. The van der Waals surface area contributed by atoms with Crippen LogP contribution in [0.15, 0.2) is 18.2 Å². The summed E-state index contributed by atoms with van der Waals surface area (Å²) in [5.41, 5.74) is 0.492. The van der Waals surface area contributed by atoms with Gasteiger partial charge < -0.3 is 10.4 Å². The summed E-state index contributed by atoms with van der Waals surface area (Å²) in [6.45, 7) is 0. The van der Waals surface area contributed by atoms with Crippen LogP contribution in [0.3, 0.4) is 0 Å². The van der Waals surface area contributed by atoms with E-state index >= 15 is 0 Å². The molecule has 0 spiro atoms. The van der Waals surface area contributed by atoms with E-state index in [1.165, 1.54) is 25.2 Å². The summed E-state index contributed by atoms with van der Waals surface area (Å²) >= 11 is 0. The van der Waals surface area contributed by atoms with Crippen LogP contribution >= 0.6 is 0 Å².